The Morgan fingerprint density at radius 2 is 2.10 bits per heavy atom. The second kappa shape index (κ2) is 9.31. The van der Waals surface area contributed by atoms with Gasteiger partial charge in [-0.05, 0) is 25.8 Å². The molecule has 3 rings (SSSR count). The minimum absolute atomic E-state index is 0.114. The van der Waals surface area contributed by atoms with Crippen LogP contribution in [0, 0.1) is 10.8 Å². The molecule has 10 nitrogen and oxygen atoms in total. The molecule has 160 valence electrons. The SMILES string of the molecule is CC1(O)CCN(c2ccncc2NC(=O)C(C(N)N=O)C2NCC(Cl)CN2)CC1. The van der Waals surface area contributed by atoms with Crippen LogP contribution in [0.15, 0.2) is 23.6 Å². The number of alkyl halides is 1. The summed E-state index contributed by atoms with van der Waals surface area (Å²) < 4.78 is 0. The molecule has 6 N–H and O–H groups in total. The van der Waals surface area contributed by atoms with Gasteiger partial charge < -0.3 is 21.1 Å². The number of carbonyl (C=O) groups excluding carboxylic acids is 1. The van der Waals surface area contributed by atoms with Gasteiger partial charge in [-0.1, -0.05) is 5.18 Å². The van der Waals surface area contributed by atoms with E-state index in [-0.39, 0.29) is 5.38 Å². The quantitative estimate of drug-likeness (QED) is 0.320. The number of amides is 1. The largest absolute Gasteiger partial charge is 0.390 e. The highest BCUT2D eigenvalue weighted by Crippen LogP contribution is 2.31. The van der Waals surface area contributed by atoms with Crippen LogP contribution >= 0.6 is 11.6 Å². The van der Waals surface area contributed by atoms with E-state index < -0.39 is 29.8 Å². The van der Waals surface area contributed by atoms with Crippen LogP contribution in [0.25, 0.3) is 0 Å². The number of nitroso groups, excluding NO2 is 1. The van der Waals surface area contributed by atoms with Crippen molar-refractivity contribution >= 4 is 28.9 Å². The van der Waals surface area contributed by atoms with Crippen molar-refractivity contribution in [2.45, 2.75) is 43.1 Å². The van der Waals surface area contributed by atoms with Crippen LogP contribution in [0.1, 0.15) is 19.8 Å². The third-order valence-electron chi connectivity index (χ3n) is 5.51. The van der Waals surface area contributed by atoms with Gasteiger partial charge in [-0.3, -0.25) is 20.4 Å². The standard InChI is InChI=1S/C18H28ClN7O3/c1-18(28)3-6-26(7-4-18)13-2-5-21-10-12(13)24-17(27)14(15(20)25-29)16-22-8-11(19)9-23-16/h2,5,10-11,14-16,22-23,28H,3-4,6-9,20H2,1H3,(H,24,27). The average Bonchev–Trinajstić information content (AvgIpc) is 2.70. The number of aliphatic hydroxyl groups is 1. The molecule has 0 saturated carbocycles. The zero-order valence-electron chi connectivity index (χ0n) is 16.3. The third kappa shape index (κ3) is 5.40. The Kier molecular flexibility index (Phi) is 7.01. The number of anilines is 2. The Labute approximate surface area is 174 Å². The fourth-order valence-corrected chi connectivity index (χ4v) is 3.86. The number of hydrogen-bond donors (Lipinski definition) is 5. The predicted molar refractivity (Wildman–Crippen MR) is 112 cm³/mol. The molecule has 0 aromatic carbocycles. The first kappa shape index (κ1) is 21.8. The maximum absolute atomic E-state index is 13.0. The first-order valence-electron chi connectivity index (χ1n) is 9.72. The topological polar surface area (TPSA) is 145 Å². The Balaban J connectivity index is 1.75. The summed E-state index contributed by atoms with van der Waals surface area (Å²) in [5, 5.41) is 22.0. The number of aromatic nitrogens is 1. The van der Waals surface area contributed by atoms with E-state index in [4.69, 9.17) is 17.3 Å². The fourth-order valence-electron chi connectivity index (χ4n) is 3.68. The molecule has 2 aliphatic heterocycles. The van der Waals surface area contributed by atoms with Gasteiger partial charge in [-0.2, -0.15) is 0 Å². The molecule has 2 aliphatic rings. The predicted octanol–water partition coefficient (Wildman–Crippen LogP) is 0.165. The van der Waals surface area contributed by atoms with Gasteiger partial charge in [-0.15, -0.1) is 16.5 Å². The lowest BCUT2D eigenvalue weighted by Gasteiger charge is -2.38. The number of carbonyl (C=O) groups is 1. The zero-order valence-corrected chi connectivity index (χ0v) is 17.1. The molecule has 0 aliphatic carbocycles. The molecule has 29 heavy (non-hydrogen) atoms. The van der Waals surface area contributed by atoms with Crippen molar-refractivity contribution in [1.29, 1.82) is 0 Å². The van der Waals surface area contributed by atoms with Crippen molar-refractivity contribution in [3.05, 3.63) is 23.4 Å². The van der Waals surface area contributed by atoms with Gasteiger partial charge in [0, 0.05) is 32.4 Å². The summed E-state index contributed by atoms with van der Waals surface area (Å²) in [5.41, 5.74) is 6.49. The molecule has 3 heterocycles. The molecule has 2 fully saturated rings. The van der Waals surface area contributed by atoms with Gasteiger partial charge >= 0.3 is 0 Å². The van der Waals surface area contributed by atoms with Crippen molar-refractivity contribution in [3.63, 3.8) is 0 Å². The van der Waals surface area contributed by atoms with Gasteiger partial charge in [0.25, 0.3) is 0 Å². The number of hydrogen-bond acceptors (Lipinski definition) is 9. The lowest BCUT2D eigenvalue weighted by molar-refractivity contribution is -0.121. The Hall–Kier alpha value is -1.85. The van der Waals surface area contributed by atoms with Crippen LogP contribution in [-0.4, -0.2) is 65.5 Å². The van der Waals surface area contributed by atoms with Crippen molar-refractivity contribution in [2.75, 3.05) is 36.4 Å². The van der Waals surface area contributed by atoms with Crippen LogP contribution in [0.2, 0.25) is 0 Å². The number of nitrogens with one attached hydrogen (secondary N) is 3. The number of pyridine rings is 1. The number of nitrogens with zero attached hydrogens (tertiary/aromatic N) is 3. The first-order chi connectivity index (χ1) is 13.8. The highest BCUT2D eigenvalue weighted by molar-refractivity contribution is 6.21. The first-order valence-corrected chi connectivity index (χ1v) is 10.2. The molecule has 0 spiro atoms. The van der Waals surface area contributed by atoms with E-state index in [2.05, 4.69) is 31.0 Å². The van der Waals surface area contributed by atoms with E-state index in [0.717, 1.165) is 5.69 Å². The van der Waals surface area contributed by atoms with Crippen LogP contribution in [-0.2, 0) is 4.79 Å². The van der Waals surface area contributed by atoms with Crippen LogP contribution in [0.3, 0.4) is 0 Å². The smallest absolute Gasteiger partial charge is 0.234 e. The Morgan fingerprint density at radius 1 is 1.45 bits per heavy atom. The second-order valence-corrected chi connectivity index (χ2v) is 8.50. The van der Waals surface area contributed by atoms with E-state index >= 15 is 0 Å². The van der Waals surface area contributed by atoms with Crippen molar-refractivity contribution in [3.8, 4) is 0 Å². The zero-order chi connectivity index (χ0) is 21.0. The molecule has 1 aromatic rings. The lowest BCUT2D eigenvalue weighted by atomic mass is 9.93. The van der Waals surface area contributed by atoms with E-state index in [1.165, 1.54) is 0 Å². The maximum Gasteiger partial charge on any atom is 0.234 e. The number of halogens is 1. The minimum Gasteiger partial charge on any atom is -0.390 e. The van der Waals surface area contributed by atoms with Crippen molar-refractivity contribution in [2.24, 2.45) is 16.8 Å². The van der Waals surface area contributed by atoms with Crippen LogP contribution < -0.4 is 26.6 Å². The van der Waals surface area contributed by atoms with Gasteiger partial charge in [0.2, 0.25) is 5.91 Å². The van der Waals surface area contributed by atoms with Gasteiger partial charge in [0.05, 0.1) is 34.7 Å². The Bertz CT molecular complexity index is 717. The summed E-state index contributed by atoms with van der Waals surface area (Å²) in [6, 6.07) is 1.82. The van der Waals surface area contributed by atoms with Gasteiger partial charge in [-0.25, -0.2) is 0 Å². The number of nitrogens with two attached hydrogens (primary N) is 1. The van der Waals surface area contributed by atoms with E-state index in [1.807, 2.05) is 13.0 Å². The highest BCUT2D eigenvalue weighted by atomic mass is 35.5. The highest BCUT2D eigenvalue weighted by Gasteiger charge is 2.37. The van der Waals surface area contributed by atoms with Gasteiger partial charge in [0.1, 0.15) is 5.92 Å². The molecule has 0 bridgehead atoms. The molecule has 0 radical (unpaired) electrons. The molecule has 2 atom stereocenters. The van der Waals surface area contributed by atoms with E-state index in [1.54, 1.807) is 12.4 Å². The summed E-state index contributed by atoms with van der Waals surface area (Å²) in [6.07, 6.45) is 2.72. The third-order valence-corrected chi connectivity index (χ3v) is 5.82. The van der Waals surface area contributed by atoms with E-state index in [0.29, 0.717) is 44.7 Å². The molecule has 11 heteroatoms. The summed E-state index contributed by atoms with van der Waals surface area (Å²) in [7, 11) is 0. The average molecular weight is 426 g/mol. The van der Waals surface area contributed by atoms with Crippen molar-refractivity contribution < 1.29 is 9.90 Å². The minimum atomic E-state index is -1.22. The maximum atomic E-state index is 13.0. The van der Waals surface area contributed by atoms with Crippen molar-refractivity contribution in [1.82, 2.24) is 15.6 Å². The normalized spacial score (nSPS) is 26.4. The molecule has 2 saturated heterocycles. The molecule has 1 amide bonds. The summed E-state index contributed by atoms with van der Waals surface area (Å²) in [6.45, 7) is 4.11. The summed E-state index contributed by atoms with van der Waals surface area (Å²) in [4.78, 5) is 30.4. The number of rotatable bonds is 6. The number of piperidine rings is 1. The fraction of sp³-hybridized carbons (Fsp3) is 0.667. The Morgan fingerprint density at radius 3 is 2.72 bits per heavy atom. The van der Waals surface area contributed by atoms with E-state index in [9.17, 15) is 14.8 Å². The van der Waals surface area contributed by atoms with Crippen LogP contribution in [0.4, 0.5) is 11.4 Å². The molecule has 1 aromatic heterocycles. The second-order valence-electron chi connectivity index (χ2n) is 7.88. The lowest BCUT2D eigenvalue weighted by Crippen LogP contribution is -2.62. The summed E-state index contributed by atoms with van der Waals surface area (Å²) >= 11 is 6.06. The monoisotopic (exact) mass is 425 g/mol. The van der Waals surface area contributed by atoms with Crippen LogP contribution in [0.5, 0.6) is 0 Å². The van der Waals surface area contributed by atoms with Gasteiger partial charge in [0.15, 0.2) is 6.17 Å². The molecular weight excluding hydrogens is 398 g/mol. The molecule has 2 unspecified atom stereocenters. The molecular formula is C18H28ClN7O3. The summed E-state index contributed by atoms with van der Waals surface area (Å²) in [5.74, 6) is -1.36.